The minimum Gasteiger partial charge on any atom is -0.453 e. The van der Waals surface area contributed by atoms with Crippen LogP contribution in [0.5, 0.6) is 11.5 Å². The van der Waals surface area contributed by atoms with Crippen LogP contribution < -0.4 is 10.1 Å². The zero-order valence-corrected chi connectivity index (χ0v) is 13.0. The molecule has 0 spiro atoms. The molecule has 0 atom stereocenters. The summed E-state index contributed by atoms with van der Waals surface area (Å²) in [5, 5.41) is 11.6. The van der Waals surface area contributed by atoms with E-state index in [1.807, 2.05) is 6.07 Å². The van der Waals surface area contributed by atoms with Crippen LogP contribution in [0.2, 0.25) is 0 Å². The Morgan fingerprint density at radius 1 is 1.28 bits per heavy atom. The number of nitrogens with zero attached hydrogens (tertiary/aromatic N) is 2. The summed E-state index contributed by atoms with van der Waals surface area (Å²) in [6.45, 7) is 0. The van der Waals surface area contributed by atoms with Gasteiger partial charge in [0.2, 0.25) is 5.91 Å². The minimum atomic E-state index is -0.649. The number of aromatic nitrogens is 2. The topological polar surface area (TPSA) is 90.8 Å². The molecule has 0 aliphatic heterocycles. The first-order valence-electron chi connectivity index (χ1n) is 7.40. The number of carbonyl (C=O) groups is 1. The van der Waals surface area contributed by atoms with Crippen molar-refractivity contribution in [3.05, 3.63) is 72.1 Å². The first-order chi connectivity index (χ1) is 12.2. The highest BCUT2D eigenvalue weighted by atomic mass is 19.1. The number of ether oxygens (including phenoxy) is 1. The number of aromatic amines is 1. The molecule has 0 radical (unpaired) electrons. The fraction of sp³-hybridized carbons (Fsp3) is 0.0556. The summed E-state index contributed by atoms with van der Waals surface area (Å²) in [4.78, 5) is 18.7. The maximum absolute atomic E-state index is 14.2. The maximum Gasteiger partial charge on any atom is 0.231 e. The van der Waals surface area contributed by atoms with Gasteiger partial charge in [0.05, 0.1) is 12.0 Å². The van der Waals surface area contributed by atoms with Gasteiger partial charge in [-0.1, -0.05) is 12.1 Å². The maximum atomic E-state index is 14.2. The Hall–Kier alpha value is -3.66. The Morgan fingerprint density at radius 3 is 2.84 bits per heavy atom. The average Bonchev–Trinajstić information content (AvgIpc) is 3.10. The number of hydrogen-bond donors (Lipinski definition) is 2. The normalized spacial score (nSPS) is 10.1. The summed E-state index contributed by atoms with van der Waals surface area (Å²) >= 11 is 0. The molecule has 2 N–H and O–H groups in total. The monoisotopic (exact) mass is 336 g/mol. The van der Waals surface area contributed by atoms with E-state index in [4.69, 9.17) is 10.00 Å². The van der Waals surface area contributed by atoms with Crippen LogP contribution >= 0.6 is 0 Å². The third-order valence-corrected chi connectivity index (χ3v) is 3.33. The number of para-hydroxylation sites is 1. The van der Waals surface area contributed by atoms with E-state index in [1.54, 1.807) is 36.7 Å². The van der Waals surface area contributed by atoms with Crippen molar-refractivity contribution in [3.63, 3.8) is 0 Å². The van der Waals surface area contributed by atoms with E-state index in [2.05, 4.69) is 15.3 Å². The number of amides is 1. The summed E-state index contributed by atoms with van der Waals surface area (Å²) in [5.41, 5.74) is 0.604. The average molecular weight is 336 g/mol. The van der Waals surface area contributed by atoms with Crippen molar-refractivity contribution in [3.8, 4) is 17.6 Å². The Balaban J connectivity index is 1.70. The number of nitrogens with one attached hydrogen (secondary N) is 2. The van der Waals surface area contributed by atoms with Gasteiger partial charge in [0.15, 0.2) is 11.6 Å². The first-order valence-corrected chi connectivity index (χ1v) is 7.40. The van der Waals surface area contributed by atoms with Crippen molar-refractivity contribution >= 4 is 11.6 Å². The summed E-state index contributed by atoms with van der Waals surface area (Å²) in [6.07, 6.45) is 3.23. The molecule has 7 heteroatoms. The van der Waals surface area contributed by atoms with Gasteiger partial charge in [-0.15, -0.1) is 0 Å². The highest BCUT2D eigenvalue weighted by Gasteiger charge is 2.11. The Labute approximate surface area is 142 Å². The number of halogens is 1. The number of hydrogen-bond acceptors (Lipinski definition) is 4. The van der Waals surface area contributed by atoms with Crippen LogP contribution in [-0.2, 0) is 11.2 Å². The van der Waals surface area contributed by atoms with Crippen molar-refractivity contribution in [1.29, 1.82) is 5.26 Å². The van der Waals surface area contributed by atoms with Gasteiger partial charge in [-0.25, -0.2) is 9.37 Å². The molecule has 1 aromatic heterocycles. The van der Waals surface area contributed by atoms with Crippen LogP contribution in [0.4, 0.5) is 10.1 Å². The standard InChI is InChI=1S/C18H13FN4O2/c19-14-9-13(23-18(24)10-17-21-7-8-22-17)5-6-16(14)25-15-4-2-1-3-12(15)11-20/h1-9H,10H2,(H,21,22)(H,23,24). The smallest absolute Gasteiger partial charge is 0.231 e. The Kier molecular flexibility index (Phi) is 4.72. The number of nitriles is 1. The molecule has 25 heavy (non-hydrogen) atoms. The van der Waals surface area contributed by atoms with E-state index >= 15 is 0 Å². The van der Waals surface area contributed by atoms with E-state index in [-0.39, 0.29) is 23.8 Å². The van der Waals surface area contributed by atoms with Crippen LogP contribution in [0.3, 0.4) is 0 Å². The molecule has 2 aromatic carbocycles. The molecule has 0 bridgehead atoms. The second-order valence-electron chi connectivity index (χ2n) is 5.12. The van der Waals surface area contributed by atoms with Crippen molar-refractivity contribution < 1.29 is 13.9 Å². The van der Waals surface area contributed by atoms with Crippen LogP contribution in [0, 0.1) is 17.1 Å². The fourth-order valence-corrected chi connectivity index (χ4v) is 2.18. The molecule has 124 valence electrons. The van der Waals surface area contributed by atoms with Crippen LogP contribution in [-0.4, -0.2) is 15.9 Å². The predicted molar refractivity (Wildman–Crippen MR) is 88.6 cm³/mol. The molecule has 3 aromatic rings. The zero-order valence-electron chi connectivity index (χ0n) is 13.0. The molecular weight excluding hydrogens is 323 g/mol. The van der Waals surface area contributed by atoms with Crippen molar-refractivity contribution in [2.75, 3.05) is 5.32 Å². The van der Waals surface area contributed by atoms with Gasteiger partial charge in [-0.3, -0.25) is 4.79 Å². The lowest BCUT2D eigenvalue weighted by Crippen LogP contribution is -2.15. The summed E-state index contributed by atoms with van der Waals surface area (Å²) in [7, 11) is 0. The lowest BCUT2D eigenvalue weighted by Gasteiger charge is -2.10. The molecule has 0 aliphatic carbocycles. The SMILES string of the molecule is N#Cc1ccccc1Oc1ccc(NC(=O)Cc2ncc[nH]2)cc1F. The van der Waals surface area contributed by atoms with E-state index in [9.17, 15) is 9.18 Å². The lowest BCUT2D eigenvalue weighted by molar-refractivity contribution is -0.115. The van der Waals surface area contributed by atoms with Gasteiger partial charge in [0.1, 0.15) is 17.6 Å². The Bertz CT molecular complexity index is 932. The molecule has 0 aliphatic rings. The first kappa shape index (κ1) is 16.2. The third kappa shape index (κ3) is 4.00. The molecular formula is C18H13FN4O2. The van der Waals surface area contributed by atoms with Crippen LogP contribution in [0.1, 0.15) is 11.4 Å². The van der Waals surface area contributed by atoms with E-state index in [0.29, 0.717) is 17.1 Å². The van der Waals surface area contributed by atoms with Gasteiger partial charge in [0.25, 0.3) is 0 Å². The van der Waals surface area contributed by atoms with E-state index in [0.717, 1.165) is 6.07 Å². The van der Waals surface area contributed by atoms with Crippen molar-refractivity contribution in [1.82, 2.24) is 9.97 Å². The highest BCUT2D eigenvalue weighted by molar-refractivity contribution is 5.91. The number of imidazole rings is 1. The van der Waals surface area contributed by atoms with E-state index < -0.39 is 5.82 Å². The molecule has 3 rings (SSSR count). The van der Waals surface area contributed by atoms with Gasteiger partial charge < -0.3 is 15.0 Å². The molecule has 0 saturated heterocycles. The van der Waals surface area contributed by atoms with Crippen molar-refractivity contribution in [2.45, 2.75) is 6.42 Å². The highest BCUT2D eigenvalue weighted by Crippen LogP contribution is 2.28. The predicted octanol–water partition coefficient (Wildman–Crippen LogP) is 3.39. The molecule has 0 fully saturated rings. The van der Waals surface area contributed by atoms with Gasteiger partial charge >= 0.3 is 0 Å². The van der Waals surface area contributed by atoms with Crippen LogP contribution in [0.25, 0.3) is 0 Å². The molecule has 0 unspecified atom stereocenters. The number of carbonyl (C=O) groups excluding carboxylic acids is 1. The fourth-order valence-electron chi connectivity index (χ4n) is 2.18. The molecule has 6 nitrogen and oxygen atoms in total. The number of benzene rings is 2. The summed E-state index contributed by atoms with van der Waals surface area (Å²) < 4.78 is 19.7. The number of anilines is 1. The largest absolute Gasteiger partial charge is 0.453 e. The third-order valence-electron chi connectivity index (χ3n) is 3.33. The van der Waals surface area contributed by atoms with Crippen molar-refractivity contribution in [2.24, 2.45) is 0 Å². The molecule has 1 heterocycles. The molecule has 1 amide bonds. The minimum absolute atomic E-state index is 0.0354. The Morgan fingerprint density at radius 2 is 2.12 bits per heavy atom. The van der Waals surface area contributed by atoms with Gasteiger partial charge in [0, 0.05) is 24.1 Å². The quantitative estimate of drug-likeness (QED) is 0.747. The summed E-state index contributed by atoms with van der Waals surface area (Å²) in [5.74, 6) is -0.224. The number of H-pyrrole nitrogens is 1. The van der Waals surface area contributed by atoms with Gasteiger partial charge in [-0.2, -0.15) is 5.26 Å². The van der Waals surface area contributed by atoms with Crippen LogP contribution in [0.15, 0.2) is 54.9 Å². The van der Waals surface area contributed by atoms with Gasteiger partial charge in [-0.05, 0) is 24.3 Å². The van der Waals surface area contributed by atoms with E-state index in [1.165, 1.54) is 12.1 Å². The summed E-state index contributed by atoms with van der Waals surface area (Å²) in [6, 6.07) is 12.6. The zero-order chi connectivity index (χ0) is 17.6. The molecule has 0 saturated carbocycles. The number of rotatable bonds is 5. The second kappa shape index (κ2) is 7.27. The lowest BCUT2D eigenvalue weighted by atomic mass is 10.2. The second-order valence-corrected chi connectivity index (χ2v) is 5.12.